The highest BCUT2D eigenvalue weighted by Crippen LogP contribution is 2.33. The van der Waals surface area contributed by atoms with Gasteiger partial charge in [0.1, 0.15) is 5.82 Å². The van der Waals surface area contributed by atoms with Gasteiger partial charge in [-0.05, 0) is 36.2 Å². The van der Waals surface area contributed by atoms with Gasteiger partial charge in [-0.2, -0.15) is 0 Å². The van der Waals surface area contributed by atoms with Gasteiger partial charge in [0.05, 0.1) is 17.6 Å². The Morgan fingerprint density at radius 2 is 1.92 bits per heavy atom. The van der Waals surface area contributed by atoms with Crippen molar-refractivity contribution in [3.8, 4) is 0 Å². The fourth-order valence-corrected chi connectivity index (χ4v) is 4.14. The molecule has 0 spiro atoms. The molecule has 26 heavy (non-hydrogen) atoms. The van der Waals surface area contributed by atoms with Gasteiger partial charge in [-0.1, -0.05) is 41.9 Å². The van der Waals surface area contributed by atoms with Crippen molar-refractivity contribution in [2.45, 2.75) is 12.5 Å². The molecule has 138 valence electrons. The highest BCUT2D eigenvalue weighted by atomic mass is 35.5. The van der Waals surface area contributed by atoms with Gasteiger partial charge < -0.3 is 10.3 Å². The maximum atomic E-state index is 6.10. The van der Waals surface area contributed by atoms with E-state index in [1.807, 2.05) is 18.2 Å². The molecule has 0 bridgehead atoms. The number of aromatic nitrogens is 2. The van der Waals surface area contributed by atoms with E-state index in [1.165, 1.54) is 5.56 Å². The number of hydrogen-bond donors (Lipinski definition) is 1. The third-order valence-electron chi connectivity index (χ3n) is 5.35. The van der Waals surface area contributed by atoms with Gasteiger partial charge in [-0.3, -0.25) is 4.90 Å². The second-order valence-corrected chi connectivity index (χ2v) is 7.36. The van der Waals surface area contributed by atoms with Gasteiger partial charge in [0, 0.05) is 31.1 Å². The number of fused-ring (bicyclic) bond motifs is 1. The first-order valence-electron chi connectivity index (χ1n) is 8.74. The molecule has 6 heteroatoms. The Morgan fingerprint density at radius 3 is 2.65 bits per heavy atom. The first-order chi connectivity index (χ1) is 12.2. The van der Waals surface area contributed by atoms with Crippen LogP contribution >= 0.6 is 24.0 Å². The third-order valence-corrected chi connectivity index (χ3v) is 5.58. The molecule has 1 aliphatic rings. The maximum Gasteiger partial charge on any atom is 0.123 e. The lowest BCUT2D eigenvalue weighted by atomic mass is 9.89. The summed E-state index contributed by atoms with van der Waals surface area (Å²) in [5, 5.41) is 0.727. The predicted molar refractivity (Wildman–Crippen MR) is 110 cm³/mol. The summed E-state index contributed by atoms with van der Waals surface area (Å²) in [4.78, 5) is 7.26. The monoisotopic (exact) mass is 390 g/mol. The zero-order chi connectivity index (χ0) is 17.4. The fourth-order valence-electron chi connectivity index (χ4n) is 3.97. The smallest absolute Gasteiger partial charge is 0.123 e. The molecule has 2 N–H and O–H groups in total. The maximum absolute atomic E-state index is 6.10. The van der Waals surface area contributed by atoms with E-state index in [4.69, 9.17) is 22.3 Å². The normalized spacial score (nSPS) is 20.4. The summed E-state index contributed by atoms with van der Waals surface area (Å²) in [5.41, 5.74) is 9.53. The molecule has 1 aromatic heterocycles. The Balaban J connectivity index is 0.00000196. The summed E-state index contributed by atoms with van der Waals surface area (Å²) in [6, 6.07) is 16.6. The molecule has 1 aliphatic heterocycles. The average molecular weight is 391 g/mol. The Bertz CT molecular complexity index is 878. The van der Waals surface area contributed by atoms with Crippen molar-refractivity contribution in [2.24, 2.45) is 18.7 Å². The van der Waals surface area contributed by atoms with Crippen LogP contribution in [-0.2, 0) is 13.6 Å². The van der Waals surface area contributed by atoms with E-state index in [9.17, 15) is 0 Å². The van der Waals surface area contributed by atoms with Gasteiger partial charge in [0.2, 0.25) is 0 Å². The summed E-state index contributed by atoms with van der Waals surface area (Å²) in [6.07, 6.45) is 0. The second kappa shape index (κ2) is 7.97. The number of hydrogen-bond acceptors (Lipinski definition) is 3. The molecule has 0 unspecified atom stereocenters. The van der Waals surface area contributed by atoms with Gasteiger partial charge in [0.25, 0.3) is 0 Å². The fraction of sp³-hybridized carbons (Fsp3) is 0.350. The van der Waals surface area contributed by atoms with Gasteiger partial charge >= 0.3 is 0 Å². The number of nitrogens with zero attached hydrogens (tertiary/aromatic N) is 3. The van der Waals surface area contributed by atoms with E-state index in [2.05, 4.69) is 46.8 Å². The van der Waals surface area contributed by atoms with Crippen molar-refractivity contribution in [3.05, 3.63) is 64.9 Å². The minimum Gasteiger partial charge on any atom is -0.330 e. The van der Waals surface area contributed by atoms with E-state index < -0.39 is 0 Å². The third kappa shape index (κ3) is 3.60. The first-order valence-corrected chi connectivity index (χ1v) is 9.11. The Kier molecular flexibility index (Phi) is 5.88. The summed E-state index contributed by atoms with van der Waals surface area (Å²) in [6.45, 7) is 3.59. The summed E-state index contributed by atoms with van der Waals surface area (Å²) in [5.74, 6) is 2.06. The van der Waals surface area contributed by atoms with Crippen LogP contribution in [0, 0.1) is 5.92 Å². The Labute approximate surface area is 165 Å². The summed E-state index contributed by atoms with van der Waals surface area (Å²) >= 11 is 6.10. The van der Waals surface area contributed by atoms with Crippen LogP contribution in [0.15, 0.2) is 48.5 Å². The van der Waals surface area contributed by atoms with Crippen LogP contribution < -0.4 is 5.73 Å². The SMILES string of the molecule is Cl.Cn1c(CN2C[C@@H](CN)[C@H](c3ccccc3)C2)nc2cc(Cl)ccc21. The Morgan fingerprint density at radius 1 is 1.15 bits per heavy atom. The molecule has 2 atom stereocenters. The van der Waals surface area contributed by atoms with Crippen LogP contribution in [0.4, 0.5) is 0 Å². The van der Waals surface area contributed by atoms with Gasteiger partial charge in [-0.25, -0.2) is 4.98 Å². The molecular formula is C20H24Cl2N4. The number of benzene rings is 2. The van der Waals surface area contributed by atoms with Crippen molar-refractivity contribution >= 4 is 35.0 Å². The van der Waals surface area contributed by atoms with Gasteiger partial charge in [0.15, 0.2) is 0 Å². The van der Waals surface area contributed by atoms with E-state index in [0.717, 1.165) is 41.5 Å². The van der Waals surface area contributed by atoms with E-state index in [1.54, 1.807) is 0 Å². The number of nitrogens with two attached hydrogens (primary N) is 1. The average Bonchev–Trinajstić information content (AvgIpc) is 3.17. The van der Waals surface area contributed by atoms with E-state index >= 15 is 0 Å². The highest BCUT2D eigenvalue weighted by Gasteiger charge is 2.33. The topological polar surface area (TPSA) is 47.1 Å². The largest absolute Gasteiger partial charge is 0.330 e. The molecule has 0 saturated carbocycles. The van der Waals surface area contributed by atoms with Crippen LogP contribution in [0.1, 0.15) is 17.3 Å². The van der Waals surface area contributed by atoms with Crippen LogP contribution in [0.5, 0.6) is 0 Å². The van der Waals surface area contributed by atoms with Gasteiger partial charge in [-0.15, -0.1) is 12.4 Å². The molecule has 1 saturated heterocycles. The predicted octanol–water partition coefficient (Wildman–Crippen LogP) is 3.82. The van der Waals surface area contributed by atoms with Crippen LogP contribution in [-0.4, -0.2) is 34.1 Å². The summed E-state index contributed by atoms with van der Waals surface area (Å²) < 4.78 is 2.17. The molecule has 0 radical (unpaired) electrons. The molecular weight excluding hydrogens is 367 g/mol. The first kappa shape index (κ1) is 19.2. The standard InChI is InChI=1S/C20H23ClN4.ClH/c1-24-19-8-7-16(21)9-18(19)23-20(24)13-25-11-15(10-22)17(12-25)14-5-3-2-4-6-14;/h2-9,15,17H,10-13,22H2,1H3;1H/t15-,17+;/m1./s1. The number of halogens is 2. The molecule has 0 aliphatic carbocycles. The molecule has 4 nitrogen and oxygen atoms in total. The molecule has 4 rings (SSSR count). The van der Waals surface area contributed by atoms with Crippen molar-refractivity contribution in [1.82, 2.24) is 14.5 Å². The van der Waals surface area contributed by atoms with Crippen molar-refractivity contribution in [1.29, 1.82) is 0 Å². The van der Waals surface area contributed by atoms with Crippen LogP contribution in [0.3, 0.4) is 0 Å². The zero-order valence-corrected chi connectivity index (χ0v) is 16.4. The van der Waals surface area contributed by atoms with Crippen LogP contribution in [0.25, 0.3) is 11.0 Å². The quantitative estimate of drug-likeness (QED) is 0.736. The number of imidazole rings is 1. The lowest BCUT2D eigenvalue weighted by Gasteiger charge is -2.16. The highest BCUT2D eigenvalue weighted by molar-refractivity contribution is 6.31. The lowest BCUT2D eigenvalue weighted by molar-refractivity contribution is 0.306. The molecule has 2 aromatic carbocycles. The van der Waals surface area contributed by atoms with Crippen LogP contribution in [0.2, 0.25) is 5.02 Å². The van der Waals surface area contributed by atoms with Crippen molar-refractivity contribution in [3.63, 3.8) is 0 Å². The zero-order valence-electron chi connectivity index (χ0n) is 14.8. The number of rotatable bonds is 4. The van der Waals surface area contributed by atoms with Crippen molar-refractivity contribution in [2.75, 3.05) is 19.6 Å². The molecule has 0 amide bonds. The van der Waals surface area contributed by atoms with E-state index in [0.29, 0.717) is 18.4 Å². The molecule has 2 heterocycles. The second-order valence-electron chi connectivity index (χ2n) is 6.93. The summed E-state index contributed by atoms with van der Waals surface area (Å²) in [7, 11) is 2.07. The lowest BCUT2D eigenvalue weighted by Crippen LogP contribution is -2.24. The number of aryl methyl sites for hydroxylation is 1. The molecule has 1 fully saturated rings. The molecule has 3 aromatic rings. The number of likely N-dealkylation sites (tertiary alicyclic amines) is 1. The van der Waals surface area contributed by atoms with E-state index in [-0.39, 0.29) is 12.4 Å². The minimum atomic E-state index is 0. The Hall–Kier alpha value is -1.59. The minimum absolute atomic E-state index is 0. The van der Waals surface area contributed by atoms with Crippen molar-refractivity contribution < 1.29 is 0 Å².